The minimum Gasteiger partial charge on any atom is -0.550 e. The Balaban J connectivity index is 1.46. The third-order valence-corrected chi connectivity index (χ3v) is 6.80. The maximum atomic E-state index is 13.3. The number of carboxylic acids is 1. The standard InChI is InChI=1S/C24H23NO4/c26-18(27)12-2-1-7-13-25-23(28)21-19-14-8-3-4-9-15(14)20(22(21)24(25)29)17-11-6-5-10-16(17)19/h3-6,8-11,19-22H,1-2,7,12-13H2,(H,26,27)/p-1/t19?,20?,21-,22-/m1/s1. The van der Waals surface area contributed by atoms with E-state index in [9.17, 15) is 19.5 Å². The zero-order chi connectivity index (χ0) is 20.1. The van der Waals surface area contributed by atoms with E-state index in [1.165, 1.54) is 27.2 Å². The van der Waals surface area contributed by atoms with Crippen LogP contribution < -0.4 is 5.11 Å². The number of unbranched alkanes of at least 4 members (excludes halogenated alkanes) is 2. The second-order valence-electron chi connectivity index (χ2n) is 8.28. The van der Waals surface area contributed by atoms with Crippen molar-refractivity contribution in [1.82, 2.24) is 4.90 Å². The molecule has 6 rings (SSSR count). The molecular weight excluding hydrogens is 366 g/mol. The van der Waals surface area contributed by atoms with Crippen LogP contribution in [0, 0.1) is 11.8 Å². The van der Waals surface area contributed by atoms with E-state index in [1.807, 2.05) is 24.3 Å². The lowest BCUT2D eigenvalue weighted by atomic mass is 9.55. The summed E-state index contributed by atoms with van der Waals surface area (Å²) < 4.78 is 0. The van der Waals surface area contributed by atoms with Gasteiger partial charge in [0.1, 0.15) is 0 Å². The Labute approximate surface area is 169 Å². The number of nitrogens with zero attached hydrogens (tertiary/aromatic N) is 1. The third kappa shape index (κ3) is 2.64. The minimum atomic E-state index is -1.06. The van der Waals surface area contributed by atoms with E-state index in [4.69, 9.17) is 0 Å². The molecule has 5 heteroatoms. The van der Waals surface area contributed by atoms with Gasteiger partial charge in [-0.15, -0.1) is 0 Å². The summed E-state index contributed by atoms with van der Waals surface area (Å²) in [5, 5.41) is 10.6. The normalized spacial score (nSPS) is 26.3. The van der Waals surface area contributed by atoms with Crippen LogP contribution in [0.5, 0.6) is 0 Å². The molecule has 0 aromatic heterocycles. The van der Waals surface area contributed by atoms with Crippen molar-refractivity contribution in [2.24, 2.45) is 11.8 Å². The van der Waals surface area contributed by atoms with Crippen LogP contribution in [0.2, 0.25) is 0 Å². The number of carbonyl (C=O) groups is 3. The lowest BCUT2D eigenvalue weighted by Gasteiger charge is -2.45. The highest BCUT2D eigenvalue weighted by Crippen LogP contribution is 2.60. The number of carbonyl (C=O) groups excluding carboxylic acids is 3. The van der Waals surface area contributed by atoms with Gasteiger partial charge >= 0.3 is 0 Å². The monoisotopic (exact) mass is 388 g/mol. The quantitative estimate of drug-likeness (QED) is 0.561. The van der Waals surface area contributed by atoms with Crippen molar-refractivity contribution >= 4 is 17.8 Å². The van der Waals surface area contributed by atoms with Crippen LogP contribution in [0.4, 0.5) is 0 Å². The molecule has 0 spiro atoms. The van der Waals surface area contributed by atoms with Crippen LogP contribution in [-0.4, -0.2) is 29.2 Å². The Bertz CT molecular complexity index is 898. The van der Waals surface area contributed by atoms with E-state index in [1.54, 1.807) is 0 Å². The van der Waals surface area contributed by atoms with Crippen molar-refractivity contribution < 1.29 is 19.5 Å². The first-order valence-electron chi connectivity index (χ1n) is 10.3. The van der Waals surface area contributed by atoms with Crippen LogP contribution in [0.3, 0.4) is 0 Å². The molecule has 29 heavy (non-hydrogen) atoms. The fourth-order valence-electron chi connectivity index (χ4n) is 5.68. The first-order valence-corrected chi connectivity index (χ1v) is 10.3. The van der Waals surface area contributed by atoms with Crippen LogP contribution in [0.25, 0.3) is 0 Å². The molecule has 0 radical (unpaired) electrons. The minimum absolute atomic E-state index is 0.0158. The molecule has 148 valence electrons. The van der Waals surface area contributed by atoms with Crippen molar-refractivity contribution in [3.63, 3.8) is 0 Å². The topological polar surface area (TPSA) is 77.5 Å². The van der Waals surface area contributed by atoms with Crippen LogP contribution in [0.15, 0.2) is 48.5 Å². The van der Waals surface area contributed by atoms with Crippen molar-refractivity contribution in [3.8, 4) is 0 Å². The zero-order valence-electron chi connectivity index (χ0n) is 16.0. The predicted octanol–water partition coefficient (Wildman–Crippen LogP) is 2.19. The molecular formula is C24H22NO4-. The third-order valence-electron chi connectivity index (χ3n) is 6.80. The van der Waals surface area contributed by atoms with Gasteiger partial charge in [-0.2, -0.15) is 0 Å². The summed E-state index contributed by atoms with van der Waals surface area (Å²) in [5.74, 6) is -2.01. The summed E-state index contributed by atoms with van der Waals surface area (Å²) in [7, 11) is 0. The molecule has 0 N–H and O–H groups in total. The number of carboxylic acid groups (broad SMARTS) is 1. The highest BCUT2D eigenvalue weighted by Gasteiger charge is 2.61. The van der Waals surface area contributed by atoms with Crippen molar-refractivity contribution in [2.75, 3.05) is 6.54 Å². The molecule has 1 aliphatic heterocycles. The smallest absolute Gasteiger partial charge is 0.234 e. The van der Waals surface area contributed by atoms with Gasteiger partial charge < -0.3 is 9.90 Å². The van der Waals surface area contributed by atoms with Gasteiger partial charge in [-0.1, -0.05) is 55.0 Å². The molecule has 4 aliphatic rings. The van der Waals surface area contributed by atoms with E-state index in [0.717, 1.165) is 0 Å². The number of likely N-dealkylation sites (tertiary alicyclic amines) is 1. The number of hydrogen-bond acceptors (Lipinski definition) is 4. The fraction of sp³-hybridized carbons (Fsp3) is 0.375. The Hall–Kier alpha value is -2.95. The maximum Gasteiger partial charge on any atom is 0.234 e. The first kappa shape index (κ1) is 18.1. The number of hydrogen-bond donors (Lipinski definition) is 0. The van der Waals surface area contributed by atoms with Gasteiger partial charge in [-0.3, -0.25) is 14.5 Å². The summed E-state index contributed by atoms with van der Waals surface area (Å²) in [6, 6.07) is 16.4. The molecule has 1 heterocycles. The molecule has 2 atom stereocenters. The Kier molecular flexibility index (Phi) is 4.26. The van der Waals surface area contributed by atoms with E-state index >= 15 is 0 Å². The number of amides is 2. The van der Waals surface area contributed by atoms with Gasteiger partial charge in [-0.25, -0.2) is 0 Å². The van der Waals surface area contributed by atoms with E-state index in [0.29, 0.717) is 25.8 Å². The van der Waals surface area contributed by atoms with Gasteiger partial charge in [0.15, 0.2) is 0 Å². The lowest BCUT2D eigenvalue weighted by molar-refractivity contribution is -0.305. The van der Waals surface area contributed by atoms with E-state index in [-0.39, 0.29) is 41.9 Å². The van der Waals surface area contributed by atoms with Gasteiger partial charge in [0.2, 0.25) is 11.8 Å². The summed E-state index contributed by atoms with van der Waals surface area (Å²) in [4.78, 5) is 38.7. The summed E-state index contributed by atoms with van der Waals surface area (Å²) in [6.07, 6.45) is 1.81. The average molecular weight is 388 g/mol. The van der Waals surface area contributed by atoms with Crippen molar-refractivity contribution in [1.29, 1.82) is 0 Å². The van der Waals surface area contributed by atoms with Crippen molar-refractivity contribution in [3.05, 3.63) is 70.8 Å². The lowest BCUT2D eigenvalue weighted by Crippen LogP contribution is -2.41. The molecule has 0 saturated carbocycles. The highest BCUT2D eigenvalue weighted by atomic mass is 16.4. The molecule has 3 aliphatic carbocycles. The average Bonchev–Trinajstić information content (AvgIpc) is 2.98. The van der Waals surface area contributed by atoms with Gasteiger partial charge in [0.05, 0.1) is 11.8 Å². The summed E-state index contributed by atoms with van der Waals surface area (Å²) in [6.45, 7) is 0.365. The molecule has 1 fully saturated rings. The molecule has 1 saturated heterocycles. The van der Waals surface area contributed by atoms with Crippen LogP contribution in [0.1, 0.15) is 59.8 Å². The second-order valence-corrected chi connectivity index (χ2v) is 8.28. The van der Waals surface area contributed by atoms with E-state index in [2.05, 4.69) is 24.3 Å². The fourth-order valence-corrected chi connectivity index (χ4v) is 5.68. The Morgan fingerprint density at radius 2 is 1.21 bits per heavy atom. The second kappa shape index (κ2) is 6.83. The predicted molar refractivity (Wildman–Crippen MR) is 104 cm³/mol. The molecule has 0 unspecified atom stereocenters. The number of aliphatic carboxylic acids is 1. The Morgan fingerprint density at radius 3 is 1.62 bits per heavy atom. The molecule has 2 amide bonds. The first-order chi connectivity index (χ1) is 14.1. The zero-order valence-corrected chi connectivity index (χ0v) is 16.0. The van der Waals surface area contributed by atoms with Gasteiger partial charge in [0.25, 0.3) is 0 Å². The largest absolute Gasteiger partial charge is 0.550 e. The van der Waals surface area contributed by atoms with E-state index < -0.39 is 5.97 Å². The van der Waals surface area contributed by atoms with Crippen molar-refractivity contribution in [2.45, 2.75) is 37.5 Å². The number of benzene rings is 2. The van der Waals surface area contributed by atoms with Crippen LogP contribution >= 0.6 is 0 Å². The summed E-state index contributed by atoms with van der Waals surface area (Å²) in [5.41, 5.74) is 4.70. The van der Waals surface area contributed by atoms with Gasteiger partial charge in [-0.05, 0) is 41.5 Å². The Morgan fingerprint density at radius 1 is 0.759 bits per heavy atom. The molecule has 2 bridgehead atoms. The van der Waals surface area contributed by atoms with Crippen LogP contribution in [-0.2, 0) is 14.4 Å². The summed E-state index contributed by atoms with van der Waals surface area (Å²) >= 11 is 0. The van der Waals surface area contributed by atoms with Gasteiger partial charge in [0, 0.05) is 24.3 Å². The molecule has 2 aromatic carbocycles. The maximum absolute atomic E-state index is 13.3. The molecule has 2 aromatic rings. The molecule has 5 nitrogen and oxygen atoms in total. The number of rotatable bonds is 6. The number of imide groups is 1. The highest BCUT2D eigenvalue weighted by molar-refractivity contribution is 6.07. The SMILES string of the molecule is O=C([O-])CCCCCN1C(=O)[C@@H]2C3c4ccccc4C(c4ccccc43)[C@H]2C1=O.